The van der Waals surface area contributed by atoms with Crippen molar-refractivity contribution in [2.75, 3.05) is 25.9 Å². The Morgan fingerprint density at radius 3 is 2.67 bits per heavy atom. The molecule has 1 aliphatic heterocycles. The zero-order valence-electron chi connectivity index (χ0n) is 12.6. The summed E-state index contributed by atoms with van der Waals surface area (Å²) in [6.07, 6.45) is 4.55. The maximum Gasteiger partial charge on any atom is 0.0705 e. The lowest BCUT2D eigenvalue weighted by Gasteiger charge is -2.40. The van der Waals surface area contributed by atoms with Gasteiger partial charge in [-0.3, -0.25) is 9.88 Å². The molecule has 0 radical (unpaired) electrons. The van der Waals surface area contributed by atoms with Crippen LogP contribution < -0.4 is 5.73 Å². The second kappa shape index (κ2) is 6.34. The van der Waals surface area contributed by atoms with Crippen LogP contribution in [0.4, 0.5) is 0 Å². The molecule has 112 valence electrons. The summed E-state index contributed by atoms with van der Waals surface area (Å²) in [5.41, 5.74) is 8.21. The Morgan fingerprint density at radius 2 is 1.95 bits per heavy atom. The Labute approximate surface area is 130 Å². The molecule has 0 aliphatic carbocycles. The van der Waals surface area contributed by atoms with Crippen LogP contribution >= 0.6 is 11.8 Å². The monoisotopic (exact) mass is 301 g/mol. The normalized spacial score (nSPS) is 19.0. The predicted octanol–water partition coefficient (Wildman–Crippen LogP) is 2.89. The van der Waals surface area contributed by atoms with Crippen LogP contribution in [0, 0.1) is 0 Å². The zero-order chi connectivity index (χ0) is 14.7. The van der Waals surface area contributed by atoms with Gasteiger partial charge in [0, 0.05) is 23.2 Å². The summed E-state index contributed by atoms with van der Waals surface area (Å²) >= 11 is 1.94. The highest BCUT2D eigenvalue weighted by atomic mass is 32.2. The van der Waals surface area contributed by atoms with Crippen molar-refractivity contribution in [3.05, 3.63) is 42.1 Å². The van der Waals surface area contributed by atoms with E-state index in [2.05, 4.69) is 41.5 Å². The molecule has 0 atom stereocenters. The van der Waals surface area contributed by atoms with Gasteiger partial charge in [0.25, 0.3) is 0 Å². The highest BCUT2D eigenvalue weighted by Gasteiger charge is 2.32. The molecule has 2 aromatic rings. The number of likely N-dealkylation sites (tertiary alicyclic amines) is 1. The summed E-state index contributed by atoms with van der Waals surface area (Å²) in [5.74, 6) is 0. The smallest absolute Gasteiger partial charge is 0.0705 e. The van der Waals surface area contributed by atoms with Crippen LogP contribution in [0.5, 0.6) is 0 Å². The summed E-state index contributed by atoms with van der Waals surface area (Å²) in [4.78, 5) is 7.28. The first-order valence-corrected chi connectivity index (χ1v) is 8.79. The first kappa shape index (κ1) is 14.8. The Bertz CT molecular complexity index is 600. The minimum absolute atomic E-state index is 0.299. The number of hydrogen-bond acceptors (Lipinski definition) is 4. The van der Waals surface area contributed by atoms with Gasteiger partial charge in [0.2, 0.25) is 0 Å². The minimum atomic E-state index is 0.299. The molecule has 0 saturated carbocycles. The fourth-order valence-corrected chi connectivity index (χ4v) is 3.79. The highest BCUT2D eigenvalue weighted by Crippen LogP contribution is 2.33. The maximum atomic E-state index is 5.96. The van der Waals surface area contributed by atoms with E-state index in [0.717, 1.165) is 37.4 Å². The number of pyridine rings is 1. The molecule has 0 spiro atoms. The van der Waals surface area contributed by atoms with Crippen LogP contribution in [0.25, 0.3) is 10.9 Å². The van der Waals surface area contributed by atoms with Crippen LogP contribution in [0.15, 0.2) is 36.4 Å². The predicted molar refractivity (Wildman–Crippen MR) is 91.6 cm³/mol. The summed E-state index contributed by atoms with van der Waals surface area (Å²) in [6, 6.07) is 12.6. The van der Waals surface area contributed by atoms with E-state index < -0.39 is 0 Å². The summed E-state index contributed by atoms with van der Waals surface area (Å²) in [6.45, 7) is 3.97. The van der Waals surface area contributed by atoms with Gasteiger partial charge in [-0.1, -0.05) is 24.3 Å². The summed E-state index contributed by atoms with van der Waals surface area (Å²) < 4.78 is 0.299. The van der Waals surface area contributed by atoms with E-state index in [1.54, 1.807) is 0 Å². The molecule has 1 saturated heterocycles. The van der Waals surface area contributed by atoms with Crippen LogP contribution in [0.3, 0.4) is 0 Å². The van der Waals surface area contributed by atoms with Gasteiger partial charge in [0.15, 0.2) is 0 Å². The van der Waals surface area contributed by atoms with Gasteiger partial charge >= 0.3 is 0 Å². The molecule has 2 heterocycles. The van der Waals surface area contributed by atoms with Crippen molar-refractivity contribution in [1.82, 2.24) is 9.88 Å². The number of rotatable bonds is 4. The van der Waals surface area contributed by atoms with E-state index in [-0.39, 0.29) is 0 Å². The van der Waals surface area contributed by atoms with Gasteiger partial charge in [0.05, 0.1) is 11.2 Å². The molecule has 1 aliphatic rings. The molecule has 1 aromatic heterocycles. The van der Waals surface area contributed by atoms with Gasteiger partial charge in [-0.15, -0.1) is 0 Å². The minimum Gasteiger partial charge on any atom is -0.329 e. The van der Waals surface area contributed by atoms with Crippen LogP contribution in [0.2, 0.25) is 0 Å². The lowest BCUT2D eigenvalue weighted by molar-refractivity contribution is 0.193. The van der Waals surface area contributed by atoms with E-state index in [1.807, 2.05) is 17.8 Å². The lowest BCUT2D eigenvalue weighted by atomic mass is 9.95. The quantitative estimate of drug-likeness (QED) is 0.943. The van der Waals surface area contributed by atoms with E-state index in [9.17, 15) is 0 Å². The maximum absolute atomic E-state index is 5.96. The number of hydrogen-bond donors (Lipinski definition) is 1. The molecule has 3 nitrogen and oxygen atoms in total. The van der Waals surface area contributed by atoms with Crippen molar-refractivity contribution in [3.63, 3.8) is 0 Å². The fraction of sp³-hybridized carbons (Fsp3) is 0.471. The van der Waals surface area contributed by atoms with Crippen molar-refractivity contribution >= 4 is 22.7 Å². The first-order chi connectivity index (χ1) is 10.2. The third-order valence-corrected chi connectivity index (χ3v) is 6.05. The molecule has 0 amide bonds. The Morgan fingerprint density at radius 1 is 1.19 bits per heavy atom. The Hall–Kier alpha value is -1.10. The molecular weight excluding hydrogens is 278 g/mol. The van der Waals surface area contributed by atoms with E-state index in [0.29, 0.717) is 4.75 Å². The zero-order valence-corrected chi connectivity index (χ0v) is 13.4. The lowest BCUT2D eigenvalue weighted by Crippen LogP contribution is -2.46. The van der Waals surface area contributed by atoms with Crippen molar-refractivity contribution in [1.29, 1.82) is 0 Å². The van der Waals surface area contributed by atoms with Crippen molar-refractivity contribution in [3.8, 4) is 0 Å². The SMILES string of the molecule is CSC1(CN)CCN(Cc2ccc3ccccc3n2)CC1. The van der Waals surface area contributed by atoms with E-state index >= 15 is 0 Å². The molecule has 3 rings (SSSR count). The Kier molecular flexibility index (Phi) is 4.48. The van der Waals surface area contributed by atoms with E-state index in [1.165, 1.54) is 18.2 Å². The van der Waals surface area contributed by atoms with Crippen molar-refractivity contribution in [2.45, 2.75) is 24.1 Å². The topological polar surface area (TPSA) is 42.1 Å². The third-order valence-electron chi connectivity index (χ3n) is 4.61. The molecular formula is C17H23N3S. The van der Waals surface area contributed by atoms with Gasteiger partial charge in [-0.05, 0) is 44.3 Å². The third kappa shape index (κ3) is 3.23. The van der Waals surface area contributed by atoms with Crippen LogP contribution in [-0.2, 0) is 6.54 Å². The van der Waals surface area contributed by atoms with Crippen molar-refractivity contribution in [2.24, 2.45) is 5.73 Å². The Balaban J connectivity index is 1.66. The van der Waals surface area contributed by atoms with Gasteiger partial charge in [0.1, 0.15) is 0 Å². The average Bonchev–Trinajstić information content (AvgIpc) is 2.56. The molecule has 21 heavy (non-hydrogen) atoms. The molecule has 1 aromatic carbocycles. The molecule has 2 N–H and O–H groups in total. The number of nitrogens with zero attached hydrogens (tertiary/aromatic N) is 2. The number of fused-ring (bicyclic) bond motifs is 1. The van der Waals surface area contributed by atoms with Crippen LogP contribution in [-0.4, -0.2) is 40.5 Å². The van der Waals surface area contributed by atoms with Crippen molar-refractivity contribution < 1.29 is 0 Å². The number of nitrogens with two attached hydrogens (primary N) is 1. The summed E-state index contributed by atoms with van der Waals surface area (Å²) in [5, 5.41) is 1.21. The number of piperidine rings is 1. The molecule has 0 unspecified atom stereocenters. The standard InChI is InChI=1S/C17H23N3S/c1-21-17(13-18)8-10-20(11-9-17)12-15-7-6-14-4-2-3-5-16(14)19-15/h2-7H,8-13,18H2,1H3. The number of para-hydroxylation sites is 1. The first-order valence-electron chi connectivity index (χ1n) is 7.57. The second-order valence-electron chi connectivity index (χ2n) is 5.86. The van der Waals surface area contributed by atoms with Gasteiger partial charge < -0.3 is 5.73 Å². The van der Waals surface area contributed by atoms with Gasteiger partial charge in [-0.25, -0.2) is 0 Å². The highest BCUT2D eigenvalue weighted by molar-refractivity contribution is 8.00. The molecule has 1 fully saturated rings. The second-order valence-corrected chi connectivity index (χ2v) is 7.14. The van der Waals surface area contributed by atoms with Crippen LogP contribution in [0.1, 0.15) is 18.5 Å². The molecule has 0 bridgehead atoms. The van der Waals surface area contributed by atoms with E-state index in [4.69, 9.17) is 10.7 Å². The average molecular weight is 301 g/mol. The number of thioether (sulfide) groups is 1. The fourth-order valence-electron chi connectivity index (χ4n) is 3.04. The largest absolute Gasteiger partial charge is 0.329 e. The number of aromatic nitrogens is 1. The molecule has 4 heteroatoms. The summed E-state index contributed by atoms with van der Waals surface area (Å²) in [7, 11) is 0. The number of benzene rings is 1. The van der Waals surface area contributed by atoms with Gasteiger partial charge in [-0.2, -0.15) is 11.8 Å².